The fraction of sp³-hybridized carbons (Fsp3) is 0.136. The number of benzene rings is 2. The van der Waals surface area contributed by atoms with E-state index >= 15 is 0 Å². The topological polar surface area (TPSA) is 89.4 Å². The molecule has 0 radical (unpaired) electrons. The molecule has 8 heteroatoms. The molecule has 0 saturated heterocycles. The Kier molecular flexibility index (Phi) is 7.00. The second-order valence-electron chi connectivity index (χ2n) is 6.33. The van der Waals surface area contributed by atoms with Crippen molar-refractivity contribution in [3.63, 3.8) is 0 Å². The van der Waals surface area contributed by atoms with Crippen molar-refractivity contribution in [3.05, 3.63) is 93.4 Å². The summed E-state index contributed by atoms with van der Waals surface area (Å²) < 4.78 is 6.26. The first-order valence-electron chi connectivity index (χ1n) is 9.16. The highest BCUT2D eigenvalue weighted by molar-refractivity contribution is 6.34. The van der Waals surface area contributed by atoms with Crippen LogP contribution in [-0.2, 0) is 4.74 Å². The third-order valence-corrected chi connectivity index (χ3v) is 4.64. The number of nitrogens with one attached hydrogen (secondary N) is 2. The Hall–Kier alpha value is -3.42. The van der Waals surface area contributed by atoms with Crippen LogP contribution in [0.15, 0.2) is 71.7 Å². The van der Waals surface area contributed by atoms with Gasteiger partial charge in [0, 0.05) is 31.2 Å². The predicted molar refractivity (Wildman–Crippen MR) is 116 cm³/mol. The van der Waals surface area contributed by atoms with Crippen molar-refractivity contribution in [1.29, 1.82) is 0 Å². The van der Waals surface area contributed by atoms with Crippen LogP contribution >= 0.6 is 11.6 Å². The van der Waals surface area contributed by atoms with E-state index in [0.717, 1.165) is 0 Å². The number of carbonyl (C=O) groups excluding carboxylic acids is 2. The zero-order chi connectivity index (χ0) is 21.5. The highest BCUT2D eigenvalue weighted by Crippen LogP contribution is 2.18. The molecule has 3 rings (SSSR count). The number of carbonyl (C=O) groups is 2. The van der Waals surface area contributed by atoms with Gasteiger partial charge in [0.2, 0.25) is 0 Å². The lowest BCUT2D eigenvalue weighted by Crippen LogP contribution is -2.33. The molecule has 0 atom stereocenters. The minimum atomic E-state index is -0.463. The number of aromatic nitrogens is 1. The molecule has 0 fully saturated rings. The molecule has 0 aliphatic rings. The minimum Gasteiger partial charge on any atom is -0.383 e. The van der Waals surface area contributed by atoms with Gasteiger partial charge < -0.3 is 15.4 Å². The molecule has 0 aliphatic carbocycles. The second-order valence-corrected chi connectivity index (χ2v) is 6.73. The maximum Gasteiger partial charge on any atom is 0.267 e. The summed E-state index contributed by atoms with van der Waals surface area (Å²) in [6.45, 7) is 0.664. The molecule has 0 aliphatic heterocycles. The molecule has 0 bridgehead atoms. The van der Waals surface area contributed by atoms with Crippen molar-refractivity contribution in [2.24, 2.45) is 0 Å². The van der Waals surface area contributed by atoms with Gasteiger partial charge in [0.1, 0.15) is 5.56 Å². The van der Waals surface area contributed by atoms with E-state index in [2.05, 4.69) is 10.6 Å². The number of halogens is 1. The molecule has 1 aromatic heterocycles. The lowest BCUT2D eigenvalue weighted by atomic mass is 10.2. The highest BCUT2D eigenvalue weighted by Gasteiger charge is 2.13. The van der Waals surface area contributed by atoms with Crippen molar-refractivity contribution in [2.45, 2.75) is 0 Å². The summed E-state index contributed by atoms with van der Waals surface area (Å²) in [4.78, 5) is 37.3. The number of hydrogen-bond acceptors (Lipinski definition) is 4. The van der Waals surface area contributed by atoms with Crippen LogP contribution in [-0.4, -0.2) is 36.6 Å². The fourth-order valence-electron chi connectivity index (χ4n) is 2.78. The number of anilines is 1. The van der Waals surface area contributed by atoms with Gasteiger partial charge in [0.15, 0.2) is 0 Å². The molecule has 3 aromatic rings. The molecule has 1 heterocycles. The van der Waals surface area contributed by atoms with E-state index in [4.69, 9.17) is 16.3 Å². The van der Waals surface area contributed by atoms with Crippen LogP contribution in [0.2, 0.25) is 5.02 Å². The number of ether oxygens (including phenoxy) is 1. The average molecular weight is 426 g/mol. The normalized spacial score (nSPS) is 10.5. The van der Waals surface area contributed by atoms with E-state index in [1.165, 1.54) is 17.7 Å². The van der Waals surface area contributed by atoms with E-state index in [0.29, 0.717) is 35.1 Å². The fourth-order valence-corrected chi connectivity index (χ4v) is 3.00. The molecule has 30 heavy (non-hydrogen) atoms. The maximum absolute atomic E-state index is 12.7. The molecule has 7 nitrogen and oxygen atoms in total. The lowest BCUT2D eigenvalue weighted by molar-refractivity contribution is 0.0934. The zero-order valence-corrected chi connectivity index (χ0v) is 17.0. The van der Waals surface area contributed by atoms with Crippen molar-refractivity contribution < 1.29 is 14.3 Å². The Balaban J connectivity index is 1.77. The Morgan fingerprint density at radius 2 is 1.67 bits per heavy atom. The molecule has 2 N–H and O–H groups in total. The summed E-state index contributed by atoms with van der Waals surface area (Å²) >= 11 is 6.05. The smallest absolute Gasteiger partial charge is 0.267 e. The number of hydrogen-bond donors (Lipinski definition) is 2. The Labute approximate surface area is 178 Å². The quantitative estimate of drug-likeness (QED) is 0.569. The van der Waals surface area contributed by atoms with Gasteiger partial charge >= 0.3 is 0 Å². The summed E-state index contributed by atoms with van der Waals surface area (Å²) in [6, 6.07) is 16.5. The van der Waals surface area contributed by atoms with Crippen molar-refractivity contribution >= 4 is 29.1 Å². The van der Waals surface area contributed by atoms with Crippen LogP contribution in [0.1, 0.15) is 20.7 Å². The number of nitrogens with zero attached hydrogens (tertiary/aromatic N) is 1. The number of amides is 2. The van der Waals surface area contributed by atoms with Gasteiger partial charge in [-0.1, -0.05) is 23.7 Å². The van der Waals surface area contributed by atoms with Gasteiger partial charge in [0.25, 0.3) is 17.4 Å². The van der Waals surface area contributed by atoms with E-state index in [9.17, 15) is 14.4 Å². The third kappa shape index (κ3) is 4.94. The molecule has 2 aromatic carbocycles. The van der Waals surface area contributed by atoms with Crippen LogP contribution in [0.4, 0.5) is 5.69 Å². The van der Waals surface area contributed by atoms with Crippen molar-refractivity contribution in [3.8, 4) is 5.69 Å². The van der Waals surface area contributed by atoms with E-state index in [1.54, 1.807) is 60.8 Å². The van der Waals surface area contributed by atoms with Crippen LogP contribution in [0.25, 0.3) is 5.69 Å². The summed E-state index contributed by atoms with van der Waals surface area (Å²) in [7, 11) is 1.53. The van der Waals surface area contributed by atoms with Crippen molar-refractivity contribution in [1.82, 2.24) is 9.88 Å². The van der Waals surface area contributed by atoms with E-state index < -0.39 is 11.5 Å². The molecular formula is C22H20ClN3O4. The maximum atomic E-state index is 12.7. The molecular weight excluding hydrogens is 406 g/mol. The summed E-state index contributed by atoms with van der Waals surface area (Å²) in [5.74, 6) is -0.796. The molecule has 0 spiro atoms. The summed E-state index contributed by atoms with van der Waals surface area (Å²) in [5, 5.41) is 5.76. The zero-order valence-electron chi connectivity index (χ0n) is 16.2. The van der Waals surface area contributed by atoms with E-state index in [-0.39, 0.29) is 11.5 Å². The highest BCUT2D eigenvalue weighted by atomic mass is 35.5. The number of pyridine rings is 1. The molecule has 0 unspecified atom stereocenters. The largest absolute Gasteiger partial charge is 0.383 e. The Bertz CT molecular complexity index is 1110. The number of rotatable bonds is 7. The third-order valence-electron chi connectivity index (χ3n) is 4.31. The SMILES string of the molecule is COCCNC(=O)c1cccn(-c2ccc(NC(=O)c3ccccc3Cl)cc2)c1=O. The van der Waals surface area contributed by atoms with Crippen LogP contribution in [0.5, 0.6) is 0 Å². The minimum absolute atomic E-state index is 0.0321. The van der Waals surface area contributed by atoms with Crippen LogP contribution in [0.3, 0.4) is 0 Å². The first-order valence-corrected chi connectivity index (χ1v) is 9.54. The van der Waals surface area contributed by atoms with Gasteiger partial charge in [-0.25, -0.2) is 0 Å². The van der Waals surface area contributed by atoms with Crippen LogP contribution in [0, 0.1) is 0 Å². The molecule has 154 valence electrons. The lowest BCUT2D eigenvalue weighted by Gasteiger charge is -2.10. The molecule has 2 amide bonds. The average Bonchev–Trinajstić information content (AvgIpc) is 2.75. The molecule has 0 saturated carbocycles. The first kappa shape index (κ1) is 21.3. The van der Waals surface area contributed by atoms with Crippen LogP contribution < -0.4 is 16.2 Å². The van der Waals surface area contributed by atoms with Gasteiger partial charge in [-0.3, -0.25) is 19.0 Å². The van der Waals surface area contributed by atoms with Gasteiger partial charge in [0.05, 0.1) is 17.2 Å². The van der Waals surface area contributed by atoms with Gasteiger partial charge in [-0.2, -0.15) is 0 Å². The standard InChI is InChI=1S/C22H20ClN3O4/c1-30-14-12-24-20(27)18-6-4-13-26(22(18)29)16-10-8-15(9-11-16)25-21(28)17-5-2-3-7-19(17)23/h2-11,13H,12,14H2,1H3,(H,24,27)(H,25,28). The van der Waals surface area contributed by atoms with Crippen molar-refractivity contribution in [2.75, 3.05) is 25.6 Å². The van der Waals surface area contributed by atoms with Gasteiger partial charge in [-0.05, 0) is 48.5 Å². The first-order chi connectivity index (χ1) is 14.5. The number of methoxy groups -OCH3 is 1. The Morgan fingerprint density at radius 3 is 2.37 bits per heavy atom. The van der Waals surface area contributed by atoms with Gasteiger partial charge in [-0.15, -0.1) is 0 Å². The summed E-state index contributed by atoms with van der Waals surface area (Å²) in [5.41, 5.74) is 1.06. The van der Waals surface area contributed by atoms with E-state index in [1.807, 2.05) is 0 Å². The Morgan fingerprint density at radius 1 is 0.967 bits per heavy atom. The monoisotopic (exact) mass is 425 g/mol. The summed E-state index contributed by atoms with van der Waals surface area (Å²) in [6.07, 6.45) is 1.57. The predicted octanol–water partition coefficient (Wildman–Crippen LogP) is 3.12. The second kappa shape index (κ2) is 9.87.